The van der Waals surface area contributed by atoms with Gasteiger partial charge >= 0.3 is 0 Å². The summed E-state index contributed by atoms with van der Waals surface area (Å²) >= 11 is 0. The first-order chi connectivity index (χ1) is 16.2. The molecule has 0 atom stereocenters. The molecule has 0 fully saturated rings. The van der Waals surface area contributed by atoms with Crippen LogP contribution in [0.25, 0.3) is 28.0 Å². The molecular formula is C23H19F2N7O. The van der Waals surface area contributed by atoms with E-state index in [0.29, 0.717) is 40.4 Å². The number of hydrogen-bond donors (Lipinski definition) is 0. The summed E-state index contributed by atoms with van der Waals surface area (Å²) in [4.78, 5) is 4.26. The fourth-order valence-corrected chi connectivity index (χ4v) is 3.60. The van der Waals surface area contributed by atoms with Crippen LogP contribution in [0, 0.1) is 11.6 Å². The summed E-state index contributed by atoms with van der Waals surface area (Å²) in [5.74, 6) is 0.403. The summed E-state index contributed by atoms with van der Waals surface area (Å²) < 4.78 is 37.6. The van der Waals surface area contributed by atoms with Crippen LogP contribution in [0.4, 0.5) is 8.78 Å². The van der Waals surface area contributed by atoms with Gasteiger partial charge in [0.05, 0.1) is 11.8 Å². The molecule has 5 aromatic rings. The summed E-state index contributed by atoms with van der Waals surface area (Å²) in [6.45, 7) is 2.84. The van der Waals surface area contributed by atoms with Crippen LogP contribution in [0.3, 0.4) is 0 Å². The molecule has 0 saturated heterocycles. The van der Waals surface area contributed by atoms with Crippen LogP contribution in [0.15, 0.2) is 61.1 Å². The number of ether oxygens (including phenoxy) is 1. The molecule has 3 heterocycles. The highest BCUT2D eigenvalue weighted by Crippen LogP contribution is 2.36. The Labute approximate surface area is 187 Å². The van der Waals surface area contributed by atoms with Crippen molar-refractivity contribution in [3.63, 3.8) is 0 Å². The van der Waals surface area contributed by atoms with E-state index >= 15 is 0 Å². The normalized spacial score (nSPS) is 11.2. The Hall–Kier alpha value is -4.21. The van der Waals surface area contributed by atoms with Gasteiger partial charge in [-0.05, 0) is 36.8 Å². The van der Waals surface area contributed by atoms with Gasteiger partial charge < -0.3 is 4.74 Å². The van der Waals surface area contributed by atoms with Gasteiger partial charge in [-0.1, -0.05) is 25.1 Å². The molecule has 0 aliphatic carbocycles. The van der Waals surface area contributed by atoms with E-state index < -0.39 is 5.82 Å². The molecule has 0 aliphatic rings. The molecule has 0 spiro atoms. The van der Waals surface area contributed by atoms with E-state index in [0.717, 1.165) is 6.42 Å². The van der Waals surface area contributed by atoms with Crippen molar-refractivity contribution in [2.75, 3.05) is 0 Å². The van der Waals surface area contributed by atoms with Crippen molar-refractivity contribution in [2.24, 2.45) is 0 Å². The second kappa shape index (κ2) is 8.73. The monoisotopic (exact) mass is 447 g/mol. The Balaban J connectivity index is 1.64. The minimum absolute atomic E-state index is 0.0953. The second-order valence-corrected chi connectivity index (χ2v) is 7.32. The molecule has 0 bridgehead atoms. The highest BCUT2D eigenvalue weighted by atomic mass is 19.1. The van der Waals surface area contributed by atoms with Crippen LogP contribution in [0.1, 0.15) is 19.2 Å². The first kappa shape index (κ1) is 20.7. The Morgan fingerprint density at radius 3 is 2.64 bits per heavy atom. The Morgan fingerprint density at radius 1 is 1.03 bits per heavy atom. The molecule has 0 amide bonds. The summed E-state index contributed by atoms with van der Waals surface area (Å²) in [6.07, 6.45) is 3.86. The fourth-order valence-electron chi connectivity index (χ4n) is 3.60. The number of aromatic nitrogens is 7. The number of aryl methyl sites for hydroxylation is 1. The van der Waals surface area contributed by atoms with E-state index in [-0.39, 0.29) is 18.3 Å². The van der Waals surface area contributed by atoms with Gasteiger partial charge in [0.2, 0.25) is 5.88 Å². The molecule has 2 aromatic carbocycles. The molecule has 5 rings (SSSR count). The quantitative estimate of drug-likeness (QED) is 0.370. The van der Waals surface area contributed by atoms with Crippen LogP contribution in [0.2, 0.25) is 0 Å². The van der Waals surface area contributed by atoms with E-state index in [2.05, 4.69) is 25.4 Å². The van der Waals surface area contributed by atoms with E-state index in [4.69, 9.17) is 4.74 Å². The molecule has 10 heteroatoms. The van der Waals surface area contributed by atoms with Crippen molar-refractivity contribution >= 4 is 5.52 Å². The van der Waals surface area contributed by atoms with Crippen molar-refractivity contribution in [3.8, 4) is 28.4 Å². The Morgan fingerprint density at radius 2 is 1.85 bits per heavy atom. The number of halogens is 2. The minimum atomic E-state index is -0.424. The van der Waals surface area contributed by atoms with Crippen molar-refractivity contribution in [1.29, 1.82) is 0 Å². The lowest BCUT2D eigenvalue weighted by molar-refractivity contribution is 0.275. The van der Waals surface area contributed by atoms with Crippen molar-refractivity contribution in [2.45, 2.75) is 26.5 Å². The zero-order chi connectivity index (χ0) is 22.8. The van der Waals surface area contributed by atoms with Gasteiger partial charge in [0.25, 0.3) is 0 Å². The average Bonchev–Trinajstić information content (AvgIpc) is 3.43. The summed E-state index contributed by atoms with van der Waals surface area (Å²) in [5.41, 5.74) is 1.86. The summed E-state index contributed by atoms with van der Waals surface area (Å²) in [5, 5.41) is 17.0. The molecule has 8 nitrogen and oxygen atoms in total. The van der Waals surface area contributed by atoms with Crippen LogP contribution < -0.4 is 4.74 Å². The SMILES string of the molecule is CCCn1ncnc1COc1nn2c(-c3ccc(F)cc3)nncc2c1-c1ccccc1F. The highest BCUT2D eigenvalue weighted by Gasteiger charge is 2.22. The third kappa shape index (κ3) is 3.91. The lowest BCUT2D eigenvalue weighted by Crippen LogP contribution is -2.09. The standard InChI is InChI=1S/C23H19F2N7O/c1-2-11-31-20(26-14-28-31)13-33-23-21(17-5-3-4-6-18(17)25)19-12-27-29-22(32(19)30-23)15-7-9-16(24)10-8-15/h3-10,12,14H,2,11,13H2,1H3. The Bertz CT molecular complexity index is 1410. The number of rotatable bonds is 7. The maximum absolute atomic E-state index is 14.8. The maximum Gasteiger partial charge on any atom is 0.242 e. The first-order valence-electron chi connectivity index (χ1n) is 10.4. The van der Waals surface area contributed by atoms with E-state index in [1.165, 1.54) is 35.2 Å². The number of benzene rings is 2. The van der Waals surface area contributed by atoms with Gasteiger partial charge in [-0.15, -0.1) is 10.2 Å². The zero-order valence-electron chi connectivity index (χ0n) is 17.7. The lowest BCUT2D eigenvalue weighted by Gasteiger charge is -2.08. The average molecular weight is 447 g/mol. The highest BCUT2D eigenvalue weighted by molar-refractivity contribution is 5.85. The van der Waals surface area contributed by atoms with Gasteiger partial charge in [0.15, 0.2) is 11.6 Å². The maximum atomic E-state index is 14.8. The molecule has 3 aromatic heterocycles. The van der Waals surface area contributed by atoms with Crippen LogP contribution >= 0.6 is 0 Å². The molecule has 166 valence electrons. The zero-order valence-corrected chi connectivity index (χ0v) is 17.7. The molecule has 0 unspecified atom stereocenters. The van der Waals surface area contributed by atoms with Gasteiger partial charge in [-0.25, -0.2) is 23.0 Å². The van der Waals surface area contributed by atoms with Gasteiger partial charge in [-0.2, -0.15) is 10.2 Å². The van der Waals surface area contributed by atoms with Gasteiger partial charge in [-0.3, -0.25) is 0 Å². The van der Waals surface area contributed by atoms with Crippen LogP contribution in [-0.4, -0.2) is 34.6 Å². The number of nitrogens with zero attached hydrogens (tertiary/aromatic N) is 7. The summed E-state index contributed by atoms with van der Waals surface area (Å²) in [6, 6.07) is 12.2. The molecule has 0 aliphatic heterocycles. The fraction of sp³-hybridized carbons (Fsp3) is 0.174. The molecule has 0 N–H and O–H groups in total. The predicted molar refractivity (Wildman–Crippen MR) is 116 cm³/mol. The molecule has 0 saturated carbocycles. The smallest absolute Gasteiger partial charge is 0.242 e. The third-order valence-corrected chi connectivity index (χ3v) is 5.14. The minimum Gasteiger partial charge on any atom is -0.468 e. The number of hydrogen-bond acceptors (Lipinski definition) is 6. The number of fused-ring (bicyclic) bond motifs is 1. The predicted octanol–water partition coefficient (Wildman–Crippen LogP) is 4.32. The Kier molecular flexibility index (Phi) is 5.47. The molecule has 33 heavy (non-hydrogen) atoms. The van der Waals surface area contributed by atoms with E-state index in [1.54, 1.807) is 35.0 Å². The van der Waals surface area contributed by atoms with Crippen LogP contribution in [-0.2, 0) is 13.2 Å². The van der Waals surface area contributed by atoms with Gasteiger partial charge in [0, 0.05) is 17.7 Å². The van der Waals surface area contributed by atoms with Crippen molar-refractivity contribution in [1.82, 2.24) is 34.6 Å². The summed E-state index contributed by atoms with van der Waals surface area (Å²) in [7, 11) is 0. The van der Waals surface area contributed by atoms with Gasteiger partial charge in [0.1, 0.15) is 30.1 Å². The first-order valence-corrected chi connectivity index (χ1v) is 10.4. The van der Waals surface area contributed by atoms with Crippen molar-refractivity contribution in [3.05, 3.63) is 78.5 Å². The lowest BCUT2D eigenvalue weighted by atomic mass is 10.1. The third-order valence-electron chi connectivity index (χ3n) is 5.14. The van der Waals surface area contributed by atoms with E-state index in [1.807, 2.05) is 6.92 Å². The largest absolute Gasteiger partial charge is 0.468 e. The molecule has 0 radical (unpaired) electrons. The van der Waals surface area contributed by atoms with Crippen molar-refractivity contribution < 1.29 is 13.5 Å². The topological polar surface area (TPSA) is 83.0 Å². The van der Waals surface area contributed by atoms with E-state index in [9.17, 15) is 8.78 Å². The second-order valence-electron chi connectivity index (χ2n) is 7.32. The molecular weight excluding hydrogens is 428 g/mol. The van der Waals surface area contributed by atoms with Crippen LogP contribution in [0.5, 0.6) is 5.88 Å².